The summed E-state index contributed by atoms with van der Waals surface area (Å²) in [6, 6.07) is 10.1. The lowest BCUT2D eigenvalue weighted by Gasteiger charge is -2.18. The van der Waals surface area contributed by atoms with Gasteiger partial charge in [0, 0.05) is 6.07 Å². The van der Waals surface area contributed by atoms with Crippen molar-refractivity contribution in [2.45, 2.75) is 6.18 Å². The first kappa shape index (κ1) is 21.3. The van der Waals surface area contributed by atoms with Crippen molar-refractivity contribution in [3.8, 4) is 17.2 Å². The summed E-state index contributed by atoms with van der Waals surface area (Å²) >= 11 is 0. The molecule has 0 N–H and O–H groups in total. The van der Waals surface area contributed by atoms with E-state index in [-0.39, 0.29) is 40.4 Å². The fourth-order valence-electron chi connectivity index (χ4n) is 3.24. The first-order chi connectivity index (χ1) is 15.1. The lowest BCUT2D eigenvalue weighted by molar-refractivity contribution is -0.138. The van der Waals surface area contributed by atoms with Crippen LogP contribution < -0.4 is 14.4 Å². The van der Waals surface area contributed by atoms with E-state index in [1.54, 1.807) is 12.1 Å². The number of hydrogen-bond donors (Lipinski definition) is 0. The quantitative estimate of drug-likeness (QED) is 0.385. The molecule has 1 aliphatic heterocycles. The molecule has 0 saturated carbocycles. The Hall–Kier alpha value is -3.95. The summed E-state index contributed by atoms with van der Waals surface area (Å²) in [6.07, 6.45) is -4.96. The van der Waals surface area contributed by atoms with Crippen molar-refractivity contribution >= 4 is 17.5 Å². The maximum atomic E-state index is 14.2. The number of carbonyl (C=O) groups is 2. The molecule has 0 aromatic heterocycles. The number of hydrogen-bond acceptors (Lipinski definition) is 4. The van der Waals surface area contributed by atoms with Crippen LogP contribution in [0.5, 0.6) is 17.2 Å². The second kappa shape index (κ2) is 7.63. The van der Waals surface area contributed by atoms with E-state index < -0.39 is 40.9 Å². The first-order valence-electron chi connectivity index (χ1n) is 9.01. The number of fused-ring (bicyclic) bond motifs is 1. The number of alkyl halides is 3. The highest BCUT2D eigenvalue weighted by molar-refractivity contribution is 6.34. The predicted octanol–water partition coefficient (Wildman–Crippen LogP) is 5.59. The molecule has 2 amide bonds. The van der Waals surface area contributed by atoms with E-state index in [4.69, 9.17) is 9.47 Å². The summed E-state index contributed by atoms with van der Waals surface area (Å²) in [5.74, 6) is -5.88. The van der Waals surface area contributed by atoms with Gasteiger partial charge in [-0.25, -0.2) is 13.7 Å². The Morgan fingerprint density at radius 2 is 1.38 bits per heavy atom. The first-order valence-corrected chi connectivity index (χ1v) is 9.01. The van der Waals surface area contributed by atoms with Crippen molar-refractivity contribution in [1.82, 2.24) is 0 Å². The molecule has 10 heteroatoms. The number of carbonyl (C=O) groups excluding carboxylic acids is 2. The van der Waals surface area contributed by atoms with E-state index in [9.17, 15) is 31.5 Å². The van der Waals surface area contributed by atoms with Gasteiger partial charge >= 0.3 is 6.18 Å². The maximum absolute atomic E-state index is 14.2. The van der Waals surface area contributed by atoms with Gasteiger partial charge in [-0.2, -0.15) is 13.2 Å². The minimum atomic E-state index is -4.96. The van der Waals surface area contributed by atoms with Crippen LogP contribution in [0.15, 0.2) is 54.6 Å². The van der Waals surface area contributed by atoms with E-state index in [1.165, 1.54) is 31.4 Å². The highest BCUT2D eigenvalue weighted by Crippen LogP contribution is 2.40. The van der Waals surface area contributed by atoms with Crippen molar-refractivity contribution < 1.29 is 41.0 Å². The molecular formula is C22H12F5NO4. The zero-order valence-electron chi connectivity index (χ0n) is 16.2. The Balaban J connectivity index is 1.74. The second-order valence-electron chi connectivity index (χ2n) is 6.70. The molecule has 3 aromatic carbocycles. The third-order valence-electron chi connectivity index (χ3n) is 4.74. The van der Waals surface area contributed by atoms with Gasteiger partial charge in [-0.1, -0.05) is 12.1 Å². The molecule has 0 fully saturated rings. The Bertz CT molecular complexity index is 1200. The van der Waals surface area contributed by atoms with Crippen LogP contribution >= 0.6 is 0 Å². The van der Waals surface area contributed by atoms with Crippen LogP contribution in [0.4, 0.5) is 27.6 Å². The van der Waals surface area contributed by atoms with E-state index in [0.29, 0.717) is 0 Å². The molecule has 1 heterocycles. The van der Waals surface area contributed by atoms with Crippen molar-refractivity contribution in [3.63, 3.8) is 0 Å². The van der Waals surface area contributed by atoms with E-state index >= 15 is 0 Å². The third kappa shape index (κ3) is 3.53. The molecule has 32 heavy (non-hydrogen) atoms. The van der Waals surface area contributed by atoms with E-state index in [2.05, 4.69) is 0 Å². The minimum Gasteiger partial charge on any atom is -0.493 e. The molecule has 0 radical (unpaired) electrons. The second-order valence-corrected chi connectivity index (χ2v) is 6.70. The van der Waals surface area contributed by atoms with Gasteiger partial charge in [0.05, 0.1) is 29.5 Å². The lowest BCUT2D eigenvalue weighted by Crippen LogP contribution is -2.29. The normalized spacial score (nSPS) is 13.4. The Morgan fingerprint density at radius 3 is 1.88 bits per heavy atom. The number of imide groups is 1. The average molecular weight is 449 g/mol. The van der Waals surface area contributed by atoms with Gasteiger partial charge in [0.15, 0.2) is 28.9 Å². The molecule has 0 atom stereocenters. The molecule has 164 valence electrons. The molecule has 0 bridgehead atoms. The Kier molecular flexibility index (Phi) is 5.08. The Morgan fingerprint density at radius 1 is 0.812 bits per heavy atom. The summed E-state index contributed by atoms with van der Waals surface area (Å²) in [5.41, 5.74) is -1.16. The average Bonchev–Trinajstić information content (AvgIpc) is 3.00. The number of ether oxygens (including phenoxy) is 2. The van der Waals surface area contributed by atoms with Gasteiger partial charge in [-0.3, -0.25) is 9.59 Å². The predicted molar refractivity (Wildman–Crippen MR) is 102 cm³/mol. The van der Waals surface area contributed by atoms with Gasteiger partial charge in [-0.05, 0) is 36.4 Å². The molecule has 0 spiro atoms. The molecule has 4 rings (SSSR count). The molecular weight excluding hydrogens is 437 g/mol. The van der Waals surface area contributed by atoms with E-state index in [1.807, 2.05) is 0 Å². The smallest absolute Gasteiger partial charge is 0.416 e. The van der Waals surface area contributed by atoms with Crippen molar-refractivity contribution in [3.05, 3.63) is 82.9 Å². The lowest BCUT2D eigenvalue weighted by atomic mass is 10.1. The maximum Gasteiger partial charge on any atom is 0.416 e. The fraction of sp³-hybridized carbons (Fsp3) is 0.0909. The summed E-state index contributed by atoms with van der Waals surface area (Å²) in [6.45, 7) is 0. The monoisotopic (exact) mass is 449 g/mol. The Labute approximate surface area is 177 Å². The van der Waals surface area contributed by atoms with Crippen LogP contribution in [0.3, 0.4) is 0 Å². The number of benzene rings is 3. The summed E-state index contributed by atoms with van der Waals surface area (Å²) in [4.78, 5) is 26.2. The topological polar surface area (TPSA) is 55.8 Å². The van der Waals surface area contributed by atoms with Crippen LogP contribution in [0.1, 0.15) is 26.3 Å². The van der Waals surface area contributed by atoms with Crippen LogP contribution in [-0.2, 0) is 6.18 Å². The SMILES string of the molecule is COc1ccc(N2C(=O)c3ccccc3C2=O)cc1Oc1c(F)cc(C(F)(F)F)cc1F. The number of rotatable bonds is 4. The van der Waals surface area contributed by atoms with Crippen LogP contribution in [0, 0.1) is 11.6 Å². The molecule has 5 nitrogen and oxygen atoms in total. The summed E-state index contributed by atoms with van der Waals surface area (Å²) < 4.78 is 77.1. The summed E-state index contributed by atoms with van der Waals surface area (Å²) in [7, 11) is 1.23. The molecule has 1 aliphatic rings. The van der Waals surface area contributed by atoms with Crippen LogP contribution in [-0.4, -0.2) is 18.9 Å². The minimum absolute atomic E-state index is 0.0136. The zero-order valence-corrected chi connectivity index (χ0v) is 16.2. The van der Waals surface area contributed by atoms with Crippen molar-refractivity contribution in [2.75, 3.05) is 12.0 Å². The van der Waals surface area contributed by atoms with Gasteiger partial charge in [0.25, 0.3) is 11.8 Å². The number of halogens is 5. The molecule has 3 aromatic rings. The van der Waals surface area contributed by atoms with Crippen molar-refractivity contribution in [1.29, 1.82) is 0 Å². The summed E-state index contributed by atoms with van der Waals surface area (Å²) in [5, 5.41) is 0. The van der Waals surface area contributed by atoms with Crippen LogP contribution in [0.25, 0.3) is 0 Å². The van der Waals surface area contributed by atoms with Crippen LogP contribution in [0.2, 0.25) is 0 Å². The highest BCUT2D eigenvalue weighted by Gasteiger charge is 2.37. The van der Waals surface area contributed by atoms with Gasteiger partial charge in [0.1, 0.15) is 0 Å². The van der Waals surface area contributed by atoms with Crippen molar-refractivity contribution in [2.24, 2.45) is 0 Å². The largest absolute Gasteiger partial charge is 0.493 e. The number of amides is 2. The van der Waals surface area contributed by atoms with E-state index in [0.717, 1.165) is 11.0 Å². The molecule has 0 saturated heterocycles. The fourth-order valence-corrected chi connectivity index (χ4v) is 3.24. The zero-order chi connectivity index (χ0) is 23.2. The molecule has 0 unspecified atom stereocenters. The van der Waals surface area contributed by atoms with Gasteiger partial charge in [-0.15, -0.1) is 0 Å². The number of methoxy groups -OCH3 is 1. The number of nitrogens with zero attached hydrogens (tertiary/aromatic N) is 1. The third-order valence-corrected chi connectivity index (χ3v) is 4.74. The highest BCUT2D eigenvalue weighted by atomic mass is 19.4. The van der Waals surface area contributed by atoms with Gasteiger partial charge in [0.2, 0.25) is 0 Å². The standard InChI is InChI=1S/C22H12F5NO4/c1-31-17-7-6-12(28-20(29)13-4-2-3-5-14(13)21(28)30)10-18(17)32-19-15(23)8-11(9-16(19)24)22(25,26)27/h2-10H,1H3. The number of anilines is 1. The van der Waals surface area contributed by atoms with Gasteiger partial charge < -0.3 is 9.47 Å². The molecule has 0 aliphatic carbocycles.